The molecule has 18 heavy (non-hydrogen) atoms. The zero-order chi connectivity index (χ0) is 13.2. The van der Waals surface area contributed by atoms with Crippen LogP contribution in [0.2, 0.25) is 0 Å². The number of carboxylic acids is 1. The van der Waals surface area contributed by atoms with Gasteiger partial charge in [0.25, 0.3) is 0 Å². The van der Waals surface area contributed by atoms with Crippen molar-refractivity contribution in [2.45, 2.75) is 29.4 Å². The van der Waals surface area contributed by atoms with E-state index in [2.05, 4.69) is 12.6 Å². The van der Waals surface area contributed by atoms with Gasteiger partial charge < -0.3 is 10.0 Å². The summed E-state index contributed by atoms with van der Waals surface area (Å²) in [4.78, 5) is 24.8. The van der Waals surface area contributed by atoms with Crippen molar-refractivity contribution in [1.29, 1.82) is 0 Å². The number of thiol groups is 1. The van der Waals surface area contributed by atoms with Gasteiger partial charge in [-0.25, -0.2) is 4.79 Å². The highest BCUT2D eigenvalue weighted by molar-refractivity contribution is 8.18. The summed E-state index contributed by atoms with van der Waals surface area (Å²) in [5, 5.41) is 9.28. The van der Waals surface area contributed by atoms with Crippen molar-refractivity contribution in [2.75, 3.05) is 23.8 Å². The number of amides is 1. The van der Waals surface area contributed by atoms with E-state index in [-0.39, 0.29) is 9.99 Å². The molecular formula is C11H17NO3S3. The Bertz CT molecular complexity index is 344. The number of nitrogens with zero attached hydrogens (tertiary/aromatic N) is 1. The van der Waals surface area contributed by atoms with Gasteiger partial charge in [-0.05, 0) is 23.7 Å². The Morgan fingerprint density at radius 1 is 1.39 bits per heavy atom. The molecule has 1 spiro atoms. The number of thioether (sulfide) groups is 2. The summed E-state index contributed by atoms with van der Waals surface area (Å²) in [5.74, 6) is 1.63. The van der Waals surface area contributed by atoms with Crippen LogP contribution in [0, 0.1) is 0 Å². The molecule has 0 aromatic rings. The van der Waals surface area contributed by atoms with Gasteiger partial charge in [-0.2, -0.15) is 12.6 Å². The Morgan fingerprint density at radius 3 is 2.61 bits per heavy atom. The van der Waals surface area contributed by atoms with Crippen LogP contribution in [0.3, 0.4) is 0 Å². The molecule has 102 valence electrons. The van der Waals surface area contributed by atoms with Gasteiger partial charge in [-0.15, -0.1) is 23.5 Å². The number of carbonyl (C=O) groups is 2. The maximum atomic E-state index is 12.0. The summed E-state index contributed by atoms with van der Waals surface area (Å²) in [6.45, 7) is 0.561. The van der Waals surface area contributed by atoms with Gasteiger partial charge in [-0.1, -0.05) is 0 Å². The van der Waals surface area contributed by atoms with Crippen LogP contribution in [0.25, 0.3) is 0 Å². The lowest BCUT2D eigenvalue weighted by atomic mass is 10.2. The molecule has 4 nitrogen and oxygen atoms in total. The third-order valence-electron chi connectivity index (χ3n) is 3.24. The maximum Gasteiger partial charge on any atom is 0.326 e. The average Bonchev–Trinajstić information content (AvgIpc) is 2.70. The fraction of sp³-hybridized carbons (Fsp3) is 0.818. The summed E-state index contributed by atoms with van der Waals surface area (Å²) in [6, 6.07) is -0.657. The van der Waals surface area contributed by atoms with Crippen LogP contribution in [0.15, 0.2) is 0 Å². The summed E-state index contributed by atoms with van der Waals surface area (Å²) in [7, 11) is 0. The highest BCUT2D eigenvalue weighted by Crippen LogP contribution is 2.50. The number of carbonyl (C=O) groups excluding carboxylic acids is 1. The molecule has 2 saturated heterocycles. The van der Waals surface area contributed by atoms with Gasteiger partial charge in [0.1, 0.15) is 6.04 Å². The molecule has 0 aliphatic carbocycles. The number of hydrogen-bond donors (Lipinski definition) is 2. The molecule has 1 atom stereocenters. The summed E-state index contributed by atoms with van der Waals surface area (Å²) >= 11 is 7.69. The first-order valence-corrected chi connectivity index (χ1v) is 8.59. The minimum absolute atomic E-state index is 0.0824. The molecule has 0 radical (unpaired) electrons. The van der Waals surface area contributed by atoms with Crippen molar-refractivity contribution in [2.24, 2.45) is 0 Å². The highest BCUT2D eigenvalue weighted by Gasteiger charge is 2.50. The highest BCUT2D eigenvalue weighted by atomic mass is 32.2. The van der Waals surface area contributed by atoms with Gasteiger partial charge in [0, 0.05) is 19.4 Å². The first kappa shape index (κ1) is 14.4. The fourth-order valence-corrected chi connectivity index (χ4v) is 5.93. The summed E-state index contributed by atoms with van der Waals surface area (Å²) in [5.41, 5.74) is 0. The topological polar surface area (TPSA) is 57.6 Å². The maximum absolute atomic E-state index is 12.0. The molecule has 2 aliphatic heterocycles. The number of likely N-dealkylation sites (tertiary alicyclic amines) is 1. The van der Waals surface area contributed by atoms with Gasteiger partial charge in [0.15, 0.2) is 0 Å². The third-order valence-corrected chi connectivity index (χ3v) is 6.80. The summed E-state index contributed by atoms with van der Waals surface area (Å²) < 4.78 is -0.0897. The second-order valence-corrected chi connectivity index (χ2v) is 8.18. The van der Waals surface area contributed by atoms with E-state index in [4.69, 9.17) is 0 Å². The van der Waals surface area contributed by atoms with Crippen LogP contribution in [0.1, 0.15) is 19.3 Å². The number of hydrogen-bond acceptors (Lipinski definition) is 5. The zero-order valence-electron chi connectivity index (χ0n) is 10.0. The molecule has 1 N–H and O–H groups in total. The normalized spacial score (nSPS) is 26.5. The minimum Gasteiger partial charge on any atom is -0.480 e. The Morgan fingerprint density at radius 2 is 2.06 bits per heavy atom. The Hall–Kier alpha value is -0.0100. The molecule has 2 heterocycles. The Labute approximate surface area is 121 Å². The van der Waals surface area contributed by atoms with Gasteiger partial charge in [-0.3, -0.25) is 4.79 Å². The minimum atomic E-state index is -0.883. The molecule has 1 amide bonds. The largest absolute Gasteiger partial charge is 0.480 e. The molecule has 0 bridgehead atoms. The van der Waals surface area contributed by atoms with Crippen molar-refractivity contribution < 1.29 is 14.7 Å². The lowest BCUT2D eigenvalue weighted by Crippen LogP contribution is -2.41. The van der Waals surface area contributed by atoms with E-state index in [1.165, 1.54) is 6.42 Å². The lowest BCUT2D eigenvalue weighted by molar-refractivity contribution is -0.148. The van der Waals surface area contributed by atoms with Gasteiger partial charge >= 0.3 is 5.97 Å². The molecule has 2 aliphatic rings. The molecule has 2 fully saturated rings. The molecule has 0 aromatic carbocycles. The Balaban J connectivity index is 2.12. The predicted molar refractivity (Wildman–Crippen MR) is 78.5 cm³/mol. The molecular weight excluding hydrogens is 290 g/mol. The molecule has 0 saturated carbocycles. The first-order valence-electron chi connectivity index (χ1n) is 5.99. The van der Waals surface area contributed by atoms with E-state index in [1.807, 2.05) is 23.5 Å². The van der Waals surface area contributed by atoms with Crippen LogP contribution < -0.4 is 0 Å². The predicted octanol–water partition coefficient (Wildman–Crippen LogP) is 1.56. The van der Waals surface area contributed by atoms with E-state index in [0.717, 1.165) is 11.5 Å². The van der Waals surface area contributed by atoms with Crippen LogP contribution >= 0.6 is 36.2 Å². The average molecular weight is 307 g/mol. The molecule has 2 rings (SSSR count). The summed E-state index contributed by atoms with van der Waals surface area (Å²) in [6.07, 6.45) is 2.05. The van der Waals surface area contributed by atoms with Crippen LogP contribution in [-0.4, -0.2) is 55.8 Å². The molecule has 0 aromatic heterocycles. The smallest absolute Gasteiger partial charge is 0.326 e. The molecule has 7 heteroatoms. The van der Waals surface area contributed by atoms with E-state index in [1.54, 1.807) is 4.90 Å². The Kier molecular flexibility index (Phi) is 4.77. The number of carboxylic acid groups (broad SMARTS) is 1. The van der Waals surface area contributed by atoms with Crippen LogP contribution in [0.4, 0.5) is 0 Å². The van der Waals surface area contributed by atoms with Crippen molar-refractivity contribution in [3.05, 3.63) is 0 Å². The van der Waals surface area contributed by atoms with Gasteiger partial charge in [0.05, 0.1) is 4.08 Å². The number of rotatable bonds is 3. The standard InChI is InChI=1S/C11H17NO3S3/c13-9(2-3-16)12-7-11(6-8(12)10(14)15)17-4-1-5-18-11/h8,16H,1-7H2,(H,14,15)/t8-/m0/s1. The van der Waals surface area contributed by atoms with Gasteiger partial charge in [0.2, 0.25) is 5.91 Å². The lowest BCUT2D eigenvalue weighted by Gasteiger charge is -2.31. The van der Waals surface area contributed by atoms with Crippen molar-refractivity contribution in [3.63, 3.8) is 0 Å². The van der Waals surface area contributed by atoms with Crippen molar-refractivity contribution >= 4 is 48.0 Å². The molecule has 0 unspecified atom stereocenters. The van der Waals surface area contributed by atoms with E-state index in [0.29, 0.717) is 25.1 Å². The van der Waals surface area contributed by atoms with Crippen LogP contribution in [0.5, 0.6) is 0 Å². The van der Waals surface area contributed by atoms with E-state index in [9.17, 15) is 14.7 Å². The second-order valence-electron chi connectivity index (χ2n) is 4.51. The monoisotopic (exact) mass is 307 g/mol. The van der Waals surface area contributed by atoms with Crippen molar-refractivity contribution in [3.8, 4) is 0 Å². The SMILES string of the molecule is O=C(O)[C@@H]1CC2(CN1C(=O)CCS)SCCCS2. The van der Waals surface area contributed by atoms with Crippen molar-refractivity contribution in [1.82, 2.24) is 4.90 Å². The zero-order valence-corrected chi connectivity index (χ0v) is 12.5. The first-order chi connectivity index (χ1) is 8.58. The van der Waals surface area contributed by atoms with Crippen LogP contribution in [-0.2, 0) is 9.59 Å². The fourth-order valence-electron chi connectivity index (χ4n) is 2.39. The quantitative estimate of drug-likeness (QED) is 0.775. The third kappa shape index (κ3) is 2.93. The van der Waals surface area contributed by atoms with E-state index >= 15 is 0 Å². The number of aliphatic carboxylic acids is 1. The van der Waals surface area contributed by atoms with E-state index < -0.39 is 12.0 Å². The second kappa shape index (κ2) is 5.96.